The summed E-state index contributed by atoms with van der Waals surface area (Å²) in [5, 5.41) is 12.0. The Labute approximate surface area is 171 Å². The van der Waals surface area contributed by atoms with Crippen molar-refractivity contribution in [2.45, 2.75) is 0 Å². The monoisotopic (exact) mass is 409 g/mol. The van der Waals surface area contributed by atoms with E-state index in [2.05, 4.69) is 10.3 Å². The van der Waals surface area contributed by atoms with Crippen LogP contribution in [0, 0.1) is 0 Å². The summed E-state index contributed by atoms with van der Waals surface area (Å²) in [6.07, 6.45) is 5.62. The Bertz CT molecular complexity index is 1050. The standard InChI is InChI=1S/C21H16ClN3O4/c22-16-4-1-5-18(12-16)29-19-8-7-17(11-14(19)6-9-20(26)25-28)24-21(27)15-3-2-10-23-13-15/h1-13,28H,(H,24,27)(H,25,26). The van der Waals surface area contributed by atoms with Gasteiger partial charge in [-0.2, -0.15) is 0 Å². The maximum Gasteiger partial charge on any atom is 0.267 e. The Morgan fingerprint density at radius 2 is 1.97 bits per heavy atom. The summed E-state index contributed by atoms with van der Waals surface area (Å²) in [6, 6.07) is 15.1. The molecule has 0 aliphatic rings. The molecule has 3 N–H and O–H groups in total. The number of halogens is 1. The molecule has 0 spiro atoms. The summed E-state index contributed by atoms with van der Waals surface area (Å²) in [6.45, 7) is 0. The molecule has 0 unspecified atom stereocenters. The first-order valence-electron chi connectivity index (χ1n) is 8.46. The molecule has 3 rings (SSSR count). The van der Waals surface area contributed by atoms with Crippen molar-refractivity contribution >= 4 is 35.2 Å². The van der Waals surface area contributed by atoms with Gasteiger partial charge in [-0.25, -0.2) is 5.48 Å². The molecule has 0 radical (unpaired) electrons. The lowest BCUT2D eigenvalue weighted by atomic mass is 10.1. The number of hydrogen-bond donors (Lipinski definition) is 3. The van der Waals surface area contributed by atoms with E-state index in [4.69, 9.17) is 21.5 Å². The van der Waals surface area contributed by atoms with Crippen molar-refractivity contribution in [3.8, 4) is 11.5 Å². The van der Waals surface area contributed by atoms with Crippen LogP contribution in [0.2, 0.25) is 5.02 Å². The van der Waals surface area contributed by atoms with Gasteiger partial charge in [0, 0.05) is 34.7 Å². The second kappa shape index (κ2) is 9.50. The third-order valence-electron chi connectivity index (χ3n) is 3.74. The van der Waals surface area contributed by atoms with E-state index in [1.54, 1.807) is 60.8 Å². The number of nitrogens with zero attached hydrogens (tertiary/aromatic N) is 1. The largest absolute Gasteiger partial charge is 0.457 e. The molecule has 0 saturated carbocycles. The van der Waals surface area contributed by atoms with Gasteiger partial charge in [-0.3, -0.25) is 19.8 Å². The molecule has 0 aliphatic heterocycles. The molecule has 29 heavy (non-hydrogen) atoms. The summed E-state index contributed by atoms with van der Waals surface area (Å²) >= 11 is 5.99. The molecule has 0 atom stereocenters. The number of aromatic nitrogens is 1. The van der Waals surface area contributed by atoms with Crippen molar-refractivity contribution in [3.05, 3.63) is 89.2 Å². The van der Waals surface area contributed by atoms with Crippen LogP contribution in [0.4, 0.5) is 5.69 Å². The number of carbonyl (C=O) groups excluding carboxylic acids is 2. The van der Waals surface area contributed by atoms with Crippen LogP contribution in [-0.4, -0.2) is 22.0 Å². The van der Waals surface area contributed by atoms with E-state index in [0.29, 0.717) is 33.3 Å². The number of benzene rings is 2. The van der Waals surface area contributed by atoms with Gasteiger partial charge in [0.15, 0.2) is 0 Å². The van der Waals surface area contributed by atoms with Crippen LogP contribution in [0.25, 0.3) is 6.08 Å². The normalized spacial score (nSPS) is 10.6. The first-order chi connectivity index (χ1) is 14.0. The summed E-state index contributed by atoms with van der Waals surface area (Å²) in [5.74, 6) is -0.104. The fourth-order valence-corrected chi connectivity index (χ4v) is 2.59. The first kappa shape index (κ1) is 20.1. The molecular weight excluding hydrogens is 394 g/mol. The fraction of sp³-hybridized carbons (Fsp3) is 0. The van der Waals surface area contributed by atoms with E-state index >= 15 is 0 Å². The lowest BCUT2D eigenvalue weighted by Crippen LogP contribution is -2.14. The van der Waals surface area contributed by atoms with E-state index in [1.807, 2.05) is 0 Å². The average molecular weight is 410 g/mol. The number of ether oxygens (including phenoxy) is 1. The van der Waals surface area contributed by atoms with Gasteiger partial charge in [-0.15, -0.1) is 0 Å². The second-order valence-electron chi connectivity index (χ2n) is 5.82. The van der Waals surface area contributed by atoms with Crippen LogP contribution >= 0.6 is 11.6 Å². The van der Waals surface area contributed by atoms with Crippen molar-refractivity contribution in [1.29, 1.82) is 0 Å². The van der Waals surface area contributed by atoms with Gasteiger partial charge in [-0.05, 0) is 54.6 Å². The van der Waals surface area contributed by atoms with E-state index in [1.165, 1.54) is 17.8 Å². The molecule has 0 saturated heterocycles. The third-order valence-corrected chi connectivity index (χ3v) is 3.97. The molecule has 3 aromatic rings. The van der Waals surface area contributed by atoms with Crippen molar-refractivity contribution in [1.82, 2.24) is 10.5 Å². The van der Waals surface area contributed by atoms with Crippen molar-refractivity contribution < 1.29 is 19.5 Å². The molecule has 2 amide bonds. The number of hydroxylamine groups is 1. The Morgan fingerprint density at radius 1 is 1.10 bits per heavy atom. The van der Waals surface area contributed by atoms with Crippen LogP contribution in [0.1, 0.15) is 15.9 Å². The Morgan fingerprint density at radius 3 is 2.69 bits per heavy atom. The number of pyridine rings is 1. The first-order valence-corrected chi connectivity index (χ1v) is 8.84. The minimum atomic E-state index is -0.705. The lowest BCUT2D eigenvalue weighted by molar-refractivity contribution is -0.124. The number of carbonyl (C=O) groups is 2. The number of anilines is 1. The SMILES string of the molecule is O=C(C=Cc1cc(NC(=O)c2cccnc2)ccc1Oc1cccc(Cl)c1)NO. The summed E-state index contributed by atoms with van der Waals surface area (Å²) in [4.78, 5) is 27.6. The van der Waals surface area contributed by atoms with Crippen LogP contribution in [0.15, 0.2) is 73.1 Å². The van der Waals surface area contributed by atoms with E-state index in [-0.39, 0.29) is 5.91 Å². The van der Waals surface area contributed by atoms with Gasteiger partial charge in [0.25, 0.3) is 11.8 Å². The Kier molecular flexibility index (Phi) is 6.57. The van der Waals surface area contributed by atoms with Gasteiger partial charge < -0.3 is 10.1 Å². The smallest absolute Gasteiger partial charge is 0.267 e. The zero-order valence-electron chi connectivity index (χ0n) is 15.0. The average Bonchev–Trinajstić information content (AvgIpc) is 2.74. The predicted molar refractivity (Wildman–Crippen MR) is 109 cm³/mol. The predicted octanol–water partition coefficient (Wildman–Crippen LogP) is 4.30. The summed E-state index contributed by atoms with van der Waals surface area (Å²) in [7, 11) is 0. The minimum Gasteiger partial charge on any atom is -0.457 e. The van der Waals surface area contributed by atoms with Crippen molar-refractivity contribution in [2.24, 2.45) is 0 Å². The van der Waals surface area contributed by atoms with Crippen LogP contribution < -0.4 is 15.5 Å². The number of hydrogen-bond acceptors (Lipinski definition) is 5. The molecular formula is C21H16ClN3O4. The van der Waals surface area contributed by atoms with E-state index in [9.17, 15) is 9.59 Å². The Hall–Kier alpha value is -3.68. The molecule has 1 aromatic heterocycles. The fourth-order valence-electron chi connectivity index (χ4n) is 2.41. The van der Waals surface area contributed by atoms with Gasteiger partial charge >= 0.3 is 0 Å². The third kappa shape index (κ3) is 5.65. The summed E-state index contributed by atoms with van der Waals surface area (Å²) in [5.41, 5.74) is 2.91. The maximum atomic E-state index is 12.3. The molecule has 146 valence electrons. The highest BCUT2D eigenvalue weighted by Gasteiger charge is 2.10. The maximum absolute atomic E-state index is 12.3. The van der Waals surface area contributed by atoms with Crippen molar-refractivity contribution in [3.63, 3.8) is 0 Å². The second-order valence-corrected chi connectivity index (χ2v) is 6.25. The summed E-state index contributed by atoms with van der Waals surface area (Å²) < 4.78 is 5.85. The minimum absolute atomic E-state index is 0.329. The highest BCUT2D eigenvalue weighted by molar-refractivity contribution is 6.30. The van der Waals surface area contributed by atoms with Crippen molar-refractivity contribution in [2.75, 3.05) is 5.32 Å². The topological polar surface area (TPSA) is 101 Å². The van der Waals surface area contributed by atoms with Crippen LogP contribution in [0.3, 0.4) is 0 Å². The van der Waals surface area contributed by atoms with E-state index in [0.717, 1.165) is 6.08 Å². The quantitative estimate of drug-likeness (QED) is 0.320. The zero-order valence-corrected chi connectivity index (χ0v) is 15.8. The van der Waals surface area contributed by atoms with Gasteiger partial charge in [0.05, 0.1) is 5.56 Å². The van der Waals surface area contributed by atoms with Gasteiger partial charge in [-0.1, -0.05) is 17.7 Å². The highest BCUT2D eigenvalue weighted by Crippen LogP contribution is 2.30. The zero-order chi connectivity index (χ0) is 20.6. The molecule has 2 aromatic carbocycles. The highest BCUT2D eigenvalue weighted by atomic mass is 35.5. The number of amides is 2. The molecule has 8 heteroatoms. The van der Waals surface area contributed by atoms with Gasteiger partial charge in [0.2, 0.25) is 0 Å². The molecule has 0 fully saturated rings. The Balaban J connectivity index is 1.88. The molecule has 0 bridgehead atoms. The molecule has 1 heterocycles. The van der Waals surface area contributed by atoms with Crippen LogP contribution in [-0.2, 0) is 4.79 Å². The van der Waals surface area contributed by atoms with E-state index < -0.39 is 5.91 Å². The molecule has 7 nitrogen and oxygen atoms in total. The number of rotatable bonds is 6. The lowest BCUT2D eigenvalue weighted by Gasteiger charge is -2.12. The molecule has 0 aliphatic carbocycles. The number of nitrogens with one attached hydrogen (secondary N) is 2. The van der Waals surface area contributed by atoms with Gasteiger partial charge in [0.1, 0.15) is 11.5 Å². The van der Waals surface area contributed by atoms with Crippen LogP contribution in [0.5, 0.6) is 11.5 Å².